The van der Waals surface area contributed by atoms with E-state index in [4.69, 9.17) is 0 Å². The maximum Gasteiger partial charge on any atom is 0.275 e. The lowest BCUT2D eigenvalue weighted by Crippen LogP contribution is -2.40. The molecule has 1 amide bonds. The number of anilines is 2. The van der Waals surface area contributed by atoms with Gasteiger partial charge in [-0.2, -0.15) is 4.52 Å². The fraction of sp³-hybridized carbons (Fsp3) is 0.400. The van der Waals surface area contributed by atoms with Gasteiger partial charge in [-0.05, 0) is 56.9 Å². The van der Waals surface area contributed by atoms with Gasteiger partial charge in [0, 0.05) is 30.5 Å². The second-order valence-electron chi connectivity index (χ2n) is 7.47. The Kier molecular flexibility index (Phi) is 4.89. The van der Waals surface area contributed by atoms with Crippen LogP contribution in [0.1, 0.15) is 29.7 Å². The molecule has 4 rings (SSSR count). The van der Waals surface area contributed by atoms with Gasteiger partial charge in [-0.3, -0.25) is 9.59 Å². The Morgan fingerprint density at radius 3 is 2.68 bits per heavy atom. The topological polar surface area (TPSA) is 79.6 Å². The lowest BCUT2D eigenvalue weighted by atomic mass is 9.97. The van der Waals surface area contributed by atoms with Gasteiger partial charge in [-0.25, -0.2) is 4.98 Å². The number of fused-ring (bicyclic) bond motifs is 1. The van der Waals surface area contributed by atoms with Crippen molar-refractivity contribution in [2.24, 2.45) is 5.92 Å². The van der Waals surface area contributed by atoms with Crippen LogP contribution in [0, 0.1) is 26.7 Å². The molecule has 0 unspecified atom stereocenters. The van der Waals surface area contributed by atoms with Crippen molar-refractivity contribution in [2.75, 3.05) is 23.3 Å². The summed E-state index contributed by atoms with van der Waals surface area (Å²) in [4.78, 5) is 32.0. The number of carbonyl (C=O) groups is 1. The molecule has 3 heterocycles. The van der Waals surface area contributed by atoms with Crippen LogP contribution in [0.4, 0.5) is 10.8 Å². The zero-order chi connectivity index (χ0) is 19.8. The zero-order valence-corrected chi connectivity index (χ0v) is 17.0. The summed E-state index contributed by atoms with van der Waals surface area (Å²) in [5.74, 6) is -0.0880. The molecule has 1 aliphatic rings. The summed E-state index contributed by atoms with van der Waals surface area (Å²) in [6.45, 7) is 7.26. The van der Waals surface area contributed by atoms with Crippen LogP contribution < -0.4 is 15.8 Å². The van der Waals surface area contributed by atoms with Crippen LogP contribution in [-0.2, 0) is 4.79 Å². The molecule has 0 aliphatic carbocycles. The molecule has 0 radical (unpaired) electrons. The fourth-order valence-electron chi connectivity index (χ4n) is 3.69. The molecule has 1 saturated heterocycles. The Morgan fingerprint density at radius 2 is 1.93 bits per heavy atom. The van der Waals surface area contributed by atoms with Gasteiger partial charge in [-0.1, -0.05) is 17.4 Å². The Hall–Kier alpha value is -2.74. The molecular weight excluding hydrogens is 374 g/mol. The molecule has 0 spiro atoms. The number of carbonyl (C=O) groups excluding carboxylic acids is 1. The number of amides is 1. The van der Waals surface area contributed by atoms with Gasteiger partial charge in [0.1, 0.15) is 0 Å². The van der Waals surface area contributed by atoms with Gasteiger partial charge in [-0.15, -0.1) is 5.10 Å². The van der Waals surface area contributed by atoms with Crippen molar-refractivity contribution >= 4 is 33.0 Å². The van der Waals surface area contributed by atoms with Crippen molar-refractivity contribution < 1.29 is 4.79 Å². The van der Waals surface area contributed by atoms with Crippen molar-refractivity contribution in [1.29, 1.82) is 0 Å². The van der Waals surface area contributed by atoms with Crippen molar-refractivity contribution in [2.45, 2.75) is 33.6 Å². The maximum absolute atomic E-state index is 12.8. The van der Waals surface area contributed by atoms with E-state index in [1.807, 2.05) is 26.0 Å². The second-order valence-corrected chi connectivity index (χ2v) is 8.40. The first-order chi connectivity index (χ1) is 13.4. The SMILES string of the molecule is Cc1cc(C)cc(NC(=O)[C@H]2CCCN(c3nn4c(=O)cc(C)nc4s3)C2)c1. The molecule has 1 fully saturated rings. The highest BCUT2D eigenvalue weighted by Gasteiger charge is 2.28. The number of aryl methyl sites for hydroxylation is 3. The molecule has 1 aliphatic heterocycles. The average molecular weight is 398 g/mol. The zero-order valence-electron chi connectivity index (χ0n) is 16.2. The number of benzene rings is 1. The fourth-order valence-corrected chi connectivity index (χ4v) is 4.68. The van der Waals surface area contributed by atoms with Crippen LogP contribution in [0.25, 0.3) is 4.96 Å². The number of nitrogens with one attached hydrogen (secondary N) is 1. The third-order valence-electron chi connectivity index (χ3n) is 4.91. The van der Waals surface area contributed by atoms with Gasteiger partial charge in [0.2, 0.25) is 16.0 Å². The van der Waals surface area contributed by atoms with Crippen LogP contribution >= 0.6 is 11.3 Å². The Bertz CT molecular complexity index is 1080. The lowest BCUT2D eigenvalue weighted by molar-refractivity contribution is -0.120. The smallest absolute Gasteiger partial charge is 0.275 e. The molecule has 8 heteroatoms. The standard InChI is InChI=1S/C20H23N5O2S/c1-12-7-13(2)9-16(8-12)22-18(27)15-5-4-6-24(11-15)20-23-25-17(26)10-14(3)21-19(25)28-20/h7-10,15H,4-6,11H2,1-3H3,(H,22,27)/t15-/m0/s1. The van der Waals surface area contributed by atoms with E-state index < -0.39 is 0 Å². The summed E-state index contributed by atoms with van der Waals surface area (Å²) in [5, 5.41) is 8.23. The minimum atomic E-state index is -0.175. The number of hydrogen-bond acceptors (Lipinski definition) is 6. The van der Waals surface area contributed by atoms with Crippen LogP contribution in [0.15, 0.2) is 29.1 Å². The summed E-state index contributed by atoms with van der Waals surface area (Å²) in [7, 11) is 0. The molecule has 1 N–H and O–H groups in total. The Morgan fingerprint density at radius 1 is 1.18 bits per heavy atom. The monoisotopic (exact) mass is 397 g/mol. The van der Waals surface area contributed by atoms with E-state index in [-0.39, 0.29) is 17.4 Å². The molecule has 28 heavy (non-hydrogen) atoms. The van der Waals surface area contributed by atoms with E-state index in [1.165, 1.54) is 21.9 Å². The summed E-state index contributed by atoms with van der Waals surface area (Å²) in [5.41, 5.74) is 3.60. The summed E-state index contributed by atoms with van der Waals surface area (Å²) >= 11 is 1.39. The minimum Gasteiger partial charge on any atom is -0.346 e. The van der Waals surface area contributed by atoms with Crippen LogP contribution in [-0.4, -0.2) is 33.6 Å². The number of aromatic nitrogens is 3. The van der Waals surface area contributed by atoms with Gasteiger partial charge < -0.3 is 10.2 Å². The van der Waals surface area contributed by atoms with Crippen molar-refractivity contribution in [3.05, 3.63) is 51.4 Å². The molecular formula is C20H23N5O2S. The highest BCUT2D eigenvalue weighted by atomic mass is 32.1. The normalized spacial score (nSPS) is 17.1. The first-order valence-electron chi connectivity index (χ1n) is 9.41. The van der Waals surface area contributed by atoms with E-state index in [2.05, 4.69) is 26.4 Å². The van der Waals surface area contributed by atoms with E-state index in [1.54, 1.807) is 6.92 Å². The van der Waals surface area contributed by atoms with Gasteiger partial charge in [0.15, 0.2) is 0 Å². The van der Waals surface area contributed by atoms with Gasteiger partial charge >= 0.3 is 0 Å². The largest absolute Gasteiger partial charge is 0.346 e. The first-order valence-corrected chi connectivity index (χ1v) is 10.2. The van der Waals surface area contributed by atoms with E-state index >= 15 is 0 Å². The summed E-state index contributed by atoms with van der Waals surface area (Å²) in [6.07, 6.45) is 1.75. The van der Waals surface area contributed by atoms with Gasteiger partial charge in [0.25, 0.3) is 5.56 Å². The minimum absolute atomic E-state index is 0.0296. The molecule has 0 bridgehead atoms. The quantitative estimate of drug-likeness (QED) is 0.735. The predicted octanol–water partition coefficient (Wildman–Crippen LogP) is 2.93. The third kappa shape index (κ3) is 3.77. The van der Waals surface area contributed by atoms with E-state index in [0.717, 1.165) is 41.3 Å². The number of rotatable bonds is 3. The highest BCUT2D eigenvalue weighted by molar-refractivity contribution is 7.20. The molecule has 3 aromatic rings. The molecule has 7 nitrogen and oxygen atoms in total. The first kappa shape index (κ1) is 18.6. The maximum atomic E-state index is 12.8. The van der Waals surface area contributed by atoms with Crippen LogP contribution in [0.3, 0.4) is 0 Å². The molecule has 2 aromatic heterocycles. The van der Waals surface area contributed by atoms with Crippen molar-refractivity contribution in [1.82, 2.24) is 14.6 Å². The Labute approximate surface area is 167 Å². The highest BCUT2D eigenvalue weighted by Crippen LogP contribution is 2.27. The third-order valence-corrected chi connectivity index (χ3v) is 5.88. The number of piperidine rings is 1. The summed E-state index contributed by atoms with van der Waals surface area (Å²) < 4.78 is 1.34. The van der Waals surface area contributed by atoms with Gasteiger partial charge in [0.05, 0.1) is 5.92 Å². The number of nitrogens with zero attached hydrogens (tertiary/aromatic N) is 4. The Balaban J connectivity index is 1.52. The predicted molar refractivity (Wildman–Crippen MR) is 111 cm³/mol. The molecule has 1 atom stereocenters. The average Bonchev–Trinajstić information content (AvgIpc) is 3.05. The number of hydrogen-bond donors (Lipinski definition) is 1. The molecule has 146 valence electrons. The molecule has 1 aromatic carbocycles. The van der Waals surface area contributed by atoms with Crippen molar-refractivity contribution in [3.8, 4) is 0 Å². The lowest BCUT2D eigenvalue weighted by Gasteiger charge is -2.31. The summed E-state index contributed by atoms with van der Waals surface area (Å²) in [6, 6.07) is 7.54. The van der Waals surface area contributed by atoms with Crippen LogP contribution in [0.2, 0.25) is 0 Å². The van der Waals surface area contributed by atoms with E-state index in [0.29, 0.717) is 17.2 Å². The second kappa shape index (κ2) is 7.35. The molecule has 0 saturated carbocycles. The van der Waals surface area contributed by atoms with Crippen LogP contribution in [0.5, 0.6) is 0 Å². The van der Waals surface area contributed by atoms with E-state index in [9.17, 15) is 9.59 Å². The van der Waals surface area contributed by atoms with Crippen molar-refractivity contribution in [3.63, 3.8) is 0 Å².